The molecular weight excluding hydrogens is 238 g/mol. The Balaban J connectivity index is 2.25. The van der Waals surface area contributed by atoms with Crippen LogP contribution in [0.25, 0.3) is 0 Å². The van der Waals surface area contributed by atoms with Gasteiger partial charge in [0, 0.05) is 18.4 Å². The van der Waals surface area contributed by atoms with Gasteiger partial charge in [-0.25, -0.2) is 4.98 Å². The van der Waals surface area contributed by atoms with Gasteiger partial charge in [0.2, 0.25) is 0 Å². The predicted molar refractivity (Wildman–Crippen MR) is 77.4 cm³/mol. The molecule has 1 aromatic carbocycles. The first-order valence-electron chi connectivity index (χ1n) is 6.48. The molecule has 0 aliphatic rings. The molecule has 0 fully saturated rings. The standard InChI is InChI=1S/C15H19N3O/c1-11(2)18-10-9-16-14(15(18)19)17-12(3)13-7-5-4-6-8-13/h4-12H,1-3H3,(H,16,17). The van der Waals surface area contributed by atoms with E-state index in [0.717, 1.165) is 5.56 Å². The normalized spacial score (nSPS) is 12.4. The van der Waals surface area contributed by atoms with E-state index in [4.69, 9.17) is 0 Å². The summed E-state index contributed by atoms with van der Waals surface area (Å²) in [7, 11) is 0. The topological polar surface area (TPSA) is 46.9 Å². The number of hydrogen-bond acceptors (Lipinski definition) is 3. The van der Waals surface area contributed by atoms with E-state index in [1.54, 1.807) is 17.0 Å². The van der Waals surface area contributed by atoms with E-state index < -0.39 is 0 Å². The monoisotopic (exact) mass is 257 g/mol. The fourth-order valence-corrected chi connectivity index (χ4v) is 1.96. The van der Waals surface area contributed by atoms with Crippen molar-refractivity contribution in [1.82, 2.24) is 9.55 Å². The Bertz CT molecular complexity index is 590. The van der Waals surface area contributed by atoms with Crippen LogP contribution in [0.4, 0.5) is 5.82 Å². The molecule has 100 valence electrons. The highest BCUT2D eigenvalue weighted by atomic mass is 16.1. The summed E-state index contributed by atoms with van der Waals surface area (Å²) in [5.41, 5.74) is 1.05. The average Bonchev–Trinajstić information content (AvgIpc) is 2.41. The minimum atomic E-state index is -0.0831. The van der Waals surface area contributed by atoms with Crippen LogP contribution >= 0.6 is 0 Å². The van der Waals surface area contributed by atoms with Crippen molar-refractivity contribution in [3.63, 3.8) is 0 Å². The molecule has 0 saturated carbocycles. The third-order valence-electron chi connectivity index (χ3n) is 3.08. The van der Waals surface area contributed by atoms with E-state index in [0.29, 0.717) is 5.82 Å². The summed E-state index contributed by atoms with van der Waals surface area (Å²) in [5.74, 6) is 0.396. The van der Waals surface area contributed by atoms with Gasteiger partial charge in [0.25, 0.3) is 5.56 Å². The van der Waals surface area contributed by atoms with E-state index >= 15 is 0 Å². The number of rotatable bonds is 4. The summed E-state index contributed by atoms with van der Waals surface area (Å²) in [6, 6.07) is 10.2. The van der Waals surface area contributed by atoms with Gasteiger partial charge >= 0.3 is 0 Å². The van der Waals surface area contributed by atoms with Gasteiger partial charge in [0.15, 0.2) is 5.82 Å². The van der Waals surface area contributed by atoms with E-state index in [9.17, 15) is 4.79 Å². The maximum Gasteiger partial charge on any atom is 0.293 e. The molecule has 2 aromatic rings. The van der Waals surface area contributed by atoms with Gasteiger partial charge in [-0.1, -0.05) is 30.3 Å². The van der Waals surface area contributed by atoms with Gasteiger partial charge in [-0.05, 0) is 26.3 Å². The molecule has 0 bridgehead atoms. The molecule has 0 radical (unpaired) electrons. The molecule has 0 aliphatic carbocycles. The maximum absolute atomic E-state index is 12.2. The number of hydrogen-bond donors (Lipinski definition) is 1. The van der Waals surface area contributed by atoms with Crippen LogP contribution in [0.15, 0.2) is 47.5 Å². The highest BCUT2D eigenvalue weighted by Gasteiger charge is 2.10. The van der Waals surface area contributed by atoms with Gasteiger partial charge in [-0.3, -0.25) is 4.79 Å². The van der Waals surface area contributed by atoms with Gasteiger partial charge < -0.3 is 9.88 Å². The minimum Gasteiger partial charge on any atom is -0.359 e. The zero-order valence-electron chi connectivity index (χ0n) is 11.5. The average molecular weight is 257 g/mol. The summed E-state index contributed by atoms with van der Waals surface area (Å²) in [5, 5.41) is 3.18. The number of nitrogens with zero attached hydrogens (tertiary/aromatic N) is 2. The molecular formula is C15H19N3O. The first kappa shape index (κ1) is 13.3. The van der Waals surface area contributed by atoms with Gasteiger partial charge in [0.1, 0.15) is 0 Å². The van der Waals surface area contributed by atoms with Crippen LogP contribution in [0.5, 0.6) is 0 Å². The van der Waals surface area contributed by atoms with E-state index in [1.165, 1.54) is 0 Å². The Hall–Kier alpha value is -2.10. The number of anilines is 1. The predicted octanol–water partition coefficient (Wildman–Crippen LogP) is 3.00. The molecule has 4 nitrogen and oxygen atoms in total. The second kappa shape index (κ2) is 5.69. The van der Waals surface area contributed by atoms with Crippen LogP contribution in [-0.4, -0.2) is 9.55 Å². The van der Waals surface area contributed by atoms with E-state index in [2.05, 4.69) is 10.3 Å². The molecule has 1 unspecified atom stereocenters. The van der Waals surface area contributed by atoms with E-state index in [-0.39, 0.29) is 17.6 Å². The van der Waals surface area contributed by atoms with Crippen LogP contribution in [0.1, 0.15) is 38.4 Å². The second-order valence-electron chi connectivity index (χ2n) is 4.86. The summed E-state index contributed by atoms with van der Waals surface area (Å²) in [6.07, 6.45) is 3.37. The van der Waals surface area contributed by atoms with Gasteiger partial charge in [-0.15, -0.1) is 0 Å². The van der Waals surface area contributed by atoms with Crippen LogP contribution in [0.2, 0.25) is 0 Å². The van der Waals surface area contributed by atoms with Crippen molar-refractivity contribution in [2.24, 2.45) is 0 Å². The van der Waals surface area contributed by atoms with Crippen molar-refractivity contribution in [3.8, 4) is 0 Å². The first-order chi connectivity index (χ1) is 9.09. The Morgan fingerprint density at radius 1 is 1.16 bits per heavy atom. The highest BCUT2D eigenvalue weighted by Crippen LogP contribution is 2.15. The lowest BCUT2D eigenvalue weighted by Gasteiger charge is -2.16. The van der Waals surface area contributed by atoms with Crippen LogP contribution in [0.3, 0.4) is 0 Å². The van der Waals surface area contributed by atoms with Crippen molar-refractivity contribution < 1.29 is 0 Å². The molecule has 1 N–H and O–H groups in total. The number of benzene rings is 1. The van der Waals surface area contributed by atoms with Crippen LogP contribution in [-0.2, 0) is 0 Å². The zero-order valence-corrected chi connectivity index (χ0v) is 11.5. The molecule has 0 aliphatic heterocycles. The molecule has 2 rings (SSSR count). The Morgan fingerprint density at radius 3 is 2.47 bits per heavy atom. The quantitative estimate of drug-likeness (QED) is 0.916. The van der Waals surface area contributed by atoms with E-state index in [1.807, 2.05) is 51.1 Å². The molecule has 4 heteroatoms. The lowest BCUT2D eigenvalue weighted by atomic mass is 10.1. The lowest BCUT2D eigenvalue weighted by molar-refractivity contribution is 0.574. The van der Waals surface area contributed by atoms with Crippen molar-refractivity contribution >= 4 is 5.82 Å². The second-order valence-corrected chi connectivity index (χ2v) is 4.86. The van der Waals surface area contributed by atoms with Crippen molar-refractivity contribution in [1.29, 1.82) is 0 Å². The molecule has 19 heavy (non-hydrogen) atoms. The van der Waals surface area contributed by atoms with Gasteiger partial charge in [0.05, 0.1) is 6.04 Å². The summed E-state index contributed by atoms with van der Waals surface area (Å²) in [6.45, 7) is 5.97. The first-order valence-corrected chi connectivity index (χ1v) is 6.48. The smallest absolute Gasteiger partial charge is 0.293 e. The van der Waals surface area contributed by atoms with Gasteiger partial charge in [-0.2, -0.15) is 0 Å². The Labute approximate surface area is 113 Å². The third kappa shape index (κ3) is 3.02. The molecule has 0 amide bonds. The fraction of sp³-hybridized carbons (Fsp3) is 0.333. The number of nitrogens with one attached hydrogen (secondary N) is 1. The van der Waals surface area contributed by atoms with Crippen LogP contribution < -0.4 is 10.9 Å². The fourth-order valence-electron chi connectivity index (χ4n) is 1.96. The van der Waals surface area contributed by atoms with Crippen molar-refractivity contribution in [2.45, 2.75) is 32.9 Å². The lowest BCUT2D eigenvalue weighted by Crippen LogP contribution is -2.26. The summed E-state index contributed by atoms with van der Waals surface area (Å²) >= 11 is 0. The molecule has 1 heterocycles. The van der Waals surface area contributed by atoms with Crippen molar-refractivity contribution in [2.75, 3.05) is 5.32 Å². The third-order valence-corrected chi connectivity index (χ3v) is 3.08. The minimum absolute atomic E-state index is 0.0458. The zero-order chi connectivity index (χ0) is 13.8. The highest BCUT2D eigenvalue weighted by molar-refractivity contribution is 5.35. The Kier molecular flexibility index (Phi) is 4.00. The largest absolute Gasteiger partial charge is 0.359 e. The molecule has 1 aromatic heterocycles. The van der Waals surface area contributed by atoms with Crippen LogP contribution in [0, 0.1) is 0 Å². The Morgan fingerprint density at radius 2 is 1.84 bits per heavy atom. The molecule has 0 saturated heterocycles. The summed E-state index contributed by atoms with van der Waals surface area (Å²) in [4.78, 5) is 16.4. The SMILES string of the molecule is CC(Nc1nccn(C(C)C)c1=O)c1ccccc1. The molecule has 0 spiro atoms. The number of aromatic nitrogens is 2. The van der Waals surface area contributed by atoms with Crippen molar-refractivity contribution in [3.05, 3.63) is 58.6 Å². The maximum atomic E-state index is 12.2. The molecule has 1 atom stereocenters. The summed E-state index contributed by atoms with van der Waals surface area (Å²) < 4.78 is 1.67.